The number of hydrogen-bond donors (Lipinski definition) is 1. The summed E-state index contributed by atoms with van der Waals surface area (Å²) in [6, 6.07) is 8.10. The number of hydrogen-bond acceptors (Lipinski definition) is 3. The Morgan fingerprint density at radius 1 is 1.41 bits per heavy atom. The van der Waals surface area contributed by atoms with E-state index in [0.717, 1.165) is 0 Å². The summed E-state index contributed by atoms with van der Waals surface area (Å²) in [5.41, 5.74) is 0. The van der Waals surface area contributed by atoms with Crippen molar-refractivity contribution >= 4 is 12.4 Å². The summed E-state index contributed by atoms with van der Waals surface area (Å²) in [6.45, 7) is 1.85. The lowest BCUT2D eigenvalue weighted by atomic mass is 10.2. The third kappa shape index (κ3) is 4.51. The number of carbonyl (C=O) groups excluding carboxylic acids is 2. The molecular weight excluding hydrogens is 218 g/mol. The van der Waals surface area contributed by atoms with Crippen LogP contribution in [0.15, 0.2) is 42.5 Å². The summed E-state index contributed by atoms with van der Waals surface area (Å²) in [5, 5.41) is 2.43. The minimum Gasteiger partial charge on any atom is -0.425 e. The molecule has 90 valence electrons. The molecule has 0 aromatic heterocycles. The number of ether oxygens (including phenoxy) is 1. The first-order chi connectivity index (χ1) is 8.27. The van der Waals surface area contributed by atoms with E-state index >= 15 is 0 Å². The van der Waals surface area contributed by atoms with Crippen molar-refractivity contribution in [3.8, 4) is 5.75 Å². The molecular formula is C13H15NO3. The maximum atomic E-state index is 11.7. The monoisotopic (exact) mass is 233 g/mol. The predicted octanol–water partition coefficient (Wildman–Crippen LogP) is 1.67. The first-order valence-corrected chi connectivity index (χ1v) is 5.35. The Balaban J connectivity index is 2.61. The lowest BCUT2D eigenvalue weighted by Gasteiger charge is -2.12. The SMILES string of the molecule is C/C=C\CC(NC=O)C(=O)Oc1ccccc1. The van der Waals surface area contributed by atoms with E-state index in [4.69, 9.17) is 4.74 Å². The number of para-hydroxylation sites is 1. The topological polar surface area (TPSA) is 55.4 Å². The van der Waals surface area contributed by atoms with Crippen LogP contribution in [0.1, 0.15) is 13.3 Å². The number of allylic oxidation sites excluding steroid dienone is 1. The van der Waals surface area contributed by atoms with Crippen LogP contribution in [-0.2, 0) is 9.59 Å². The second-order valence-electron chi connectivity index (χ2n) is 3.38. The Kier molecular flexibility index (Phi) is 5.51. The molecule has 0 radical (unpaired) electrons. The lowest BCUT2D eigenvalue weighted by Crippen LogP contribution is -2.38. The minimum atomic E-state index is -0.649. The molecule has 0 bridgehead atoms. The van der Waals surface area contributed by atoms with Crippen LogP contribution in [0.5, 0.6) is 5.75 Å². The van der Waals surface area contributed by atoms with Crippen LogP contribution in [0.4, 0.5) is 0 Å². The van der Waals surface area contributed by atoms with Crippen LogP contribution >= 0.6 is 0 Å². The van der Waals surface area contributed by atoms with Crippen LogP contribution in [-0.4, -0.2) is 18.4 Å². The van der Waals surface area contributed by atoms with Crippen molar-refractivity contribution in [3.63, 3.8) is 0 Å². The van der Waals surface area contributed by atoms with Crippen molar-refractivity contribution in [2.45, 2.75) is 19.4 Å². The fourth-order valence-corrected chi connectivity index (χ4v) is 1.26. The molecule has 0 saturated carbocycles. The highest BCUT2D eigenvalue weighted by Gasteiger charge is 2.18. The van der Waals surface area contributed by atoms with Crippen LogP contribution in [0.2, 0.25) is 0 Å². The summed E-state index contributed by atoms with van der Waals surface area (Å²) in [4.78, 5) is 22.1. The molecule has 17 heavy (non-hydrogen) atoms. The van der Waals surface area contributed by atoms with Gasteiger partial charge < -0.3 is 10.1 Å². The van der Waals surface area contributed by atoms with Crippen molar-refractivity contribution in [1.82, 2.24) is 5.32 Å². The van der Waals surface area contributed by atoms with Gasteiger partial charge in [-0.2, -0.15) is 0 Å². The third-order valence-electron chi connectivity index (χ3n) is 2.12. The maximum absolute atomic E-state index is 11.7. The summed E-state index contributed by atoms with van der Waals surface area (Å²) >= 11 is 0. The highest BCUT2D eigenvalue weighted by atomic mass is 16.5. The molecule has 0 aliphatic rings. The fraction of sp³-hybridized carbons (Fsp3) is 0.231. The van der Waals surface area contributed by atoms with E-state index in [2.05, 4.69) is 5.32 Å². The molecule has 0 fully saturated rings. The average molecular weight is 233 g/mol. The summed E-state index contributed by atoms with van der Waals surface area (Å²) < 4.78 is 5.13. The maximum Gasteiger partial charge on any atom is 0.334 e. The van der Waals surface area contributed by atoms with Crippen LogP contribution in [0, 0.1) is 0 Å². The van der Waals surface area contributed by atoms with Crippen LogP contribution < -0.4 is 10.1 Å². The summed E-state index contributed by atoms with van der Waals surface area (Å²) in [5.74, 6) is -0.00271. The zero-order chi connectivity index (χ0) is 12.5. The van der Waals surface area contributed by atoms with E-state index in [9.17, 15) is 9.59 Å². The molecule has 1 rings (SSSR count). The number of benzene rings is 1. The molecule has 0 heterocycles. The largest absolute Gasteiger partial charge is 0.425 e. The number of esters is 1. The van der Waals surface area contributed by atoms with Crippen molar-refractivity contribution in [2.75, 3.05) is 0 Å². The number of carbonyl (C=O) groups is 2. The number of amides is 1. The molecule has 1 aromatic carbocycles. The Bertz CT molecular complexity index is 387. The van der Waals surface area contributed by atoms with E-state index in [1.165, 1.54) is 0 Å². The first-order valence-electron chi connectivity index (χ1n) is 5.35. The zero-order valence-corrected chi connectivity index (χ0v) is 9.63. The molecule has 1 unspecified atom stereocenters. The van der Waals surface area contributed by atoms with E-state index in [1.807, 2.05) is 19.1 Å². The first kappa shape index (κ1) is 13.0. The highest BCUT2D eigenvalue weighted by Crippen LogP contribution is 2.10. The Labute approximate surface area is 100 Å². The average Bonchev–Trinajstić information content (AvgIpc) is 2.35. The molecule has 0 aliphatic carbocycles. The molecule has 0 spiro atoms. The Hall–Kier alpha value is -2.10. The van der Waals surface area contributed by atoms with Gasteiger partial charge >= 0.3 is 5.97 Å². The normalized spacial score (nSPS) is 12.1. The molecule has 0 saturated heterocycles. The minimum absolute atomic E-state index is 0.418. The van der Waals surface area contributed by atoms with E-state index < -0.39 is 12.0 Å². The van der Waals surface area contributed by atoms with Gasteiger partial charge in [0.25, 0.3) is 0 Å². The molecule has 1 aromatic rings. The van der Waals surface area contributed by atoms with Gasteiger partial charge in [0.2, 0.25) is 6.41 Å². The fourth-order valence-electron chi connectivity index (χ4n) is 1.26. The van der Waals surface area contributed by atoms with Gasteiger partial charge in [0.15, 0.2) is 0 Å². The van der Waals surface area contributed by atoms with Gasteiger partial charge in [0.05, 0.1) is 0 Å². The molecule has 4 nitrogen and oxygen atoms in total. The van der Waals surface area contributed by atoms with Crippen LogP contribution in [0.3, 0.4) is 0 Å². The van der Waals surface area contributed by atoms with E-state index in [1.54, 1.807) is 30.3 Å². The summed E-state index contributed by atoms with van der Waals surface area (Å²) in [6.07, 6.45) is 4.53. The smallest absolute Gasteiger partial charge is 0.334 e. The van der Waals surface area contributed by atoms with E-state index in [0.29, 0.717) is 18.6 Å². The predicted molar refractivity (Wildman–Crippen MR) is 64.5 cm³/mol. The molecule has 4 heteroatoms. The second kappa shape index (κ2) is 7.22. The third-order valence-corrected chi connectivity index (χ3v) is 2.12. The molecule has 1 atom stereocenters. The quantitative estimate of drug-likeness (QED) is 0.352. The van der Waals surface area contributed by atoms with Gasteiger partial charge in [-0.3, -0.25) is 4.79 Å². The zero-order valence-electron chi connectivity index (χ0n) is 9.63. The van der Waals surface area contributed by atoms with Gasteiger partial charge in [0.1, 0.15) is 11.8 Å². The number of nitrogens with one attached hydrogen (secondary N) is 1. The summed E-state index contributed by atoms with van der Waals surface area (Å²) in [7, 11) is 0. The van der Waals surface area contributed by atoms with Gasteiger partial charge in [0, 0.05) is 0 Å². The van der Waals surface area contributed by atoms with Gasteiger partial charge in [-0.05, 0) is 25.5 Å². The Morgan fingerprint density at radius 3 is 2.71 bits per heavy atom. The van der Waals surface area contributed by atoms with Crippen molar-refractivity contribution < 1.29 is 14.3 Å². The van der Waals surface area contributed by atoms with Gasteiger partial charge in [-0.25, -0.2) is 4.79 Å². The molecule has 1 amide bonds. The Morgan fingerprint density at radius 2 is 2.12 bits per heavy atom. The highest BCUT2D eigenvalue weighted by molar-refractivity contribution is 5.80. The molecule has 1 N–H and O–H groups in total. The second-order valence-corrected chi connectivity index (χ2v) is 3.38. The van der Waals surface area contributed by atoms with Crippen LogP contribution in [0.25, 0.3) is 0 Å². The standard InChI is InChI=1S/C13H15NO3/c1-2-3-9-12(14-10-15)13(16)17-11-7-5-4-6-8-11/h2-8,10,12H,9H2,1H3,(H,14,15)/b3-2-. The van der Waals surface area contributed by atoms with Gasteiger partial charge in [-0.15, -0.1) is 0 Å². The number of rotatable bonds is 6. The van der Waals surface area contributed by atoms with Gasteiger partial charge in [-0.1, -0.05) is 30.4 Å². The van der Waals surface area contributed by atoms with Crippen molar-refractivity contribution in [2.24, 2.45) is 0 Å². The lowest BCUT2D eigenvalue weighted by molar-refractivity contribution is -0.137. The van der Waals surface area contributed by atoms with Crippen molar-refractivity contribution in [1.29, 1.82) is 0 Å². The van der Waals surface area contributed by atoms with Crippen molar-refractivity contribution in [3.05, 3.63) is 42.5 Å². The van der Waals surface area contributed by atoms with E-state index in [-0.39, 0.29) is 0 Å². The molecule has 0 aliphatic heterocycles.